The van der Waals surface area contributed by atoms with Crippen molar-refractivity contribution in [2.45, 2.75) is 32.9 Å². The van der Waals surface area contributed by atoms with Gasteiger partial charge in [-0.05, 0) is 38.0 Å². The lowest BCUT2D eigenvalue weighted by Gasteiger charge is -2.25. The molecule has 1 rings (SSSR count). The molecule has 0 heterocycles. The monoisotopic (exact) mass is 285 g/mol. The molecule has 3 heteroatoms. The highest BCUT2D eigenvalue weighted by Crippen LogP contribution is 2.17. The zero-order valence-corrected chi connectivity index (χ0v) is 12.0. The standard InChI is InChI=1S/C13H20BrNO/c1-10-5-6-11(7-12(10)14)8-15-13(2,3)9-16-4/h5-7,15H,8-9H2,1-4H3. The third-order valence-electron chi connectivity index (χ3n) is 2.51. The first-order valence-electron chi connectivity index (χ1n) is 5.43. The summed E-state index contributed by atoms with van der Waals surface area (Å²) < 4.78 is 6.33. The maximum absolute atomic E-state index is 5.17. The van der Waals surface area contributed by atoms with Crippen LogP contribution in [0.25, 0.3) is 0 Å². The van der Waals surface area contributed by atoms with Gasteiger partial charge in [0, 0.05) is 23.7 Å². The number of hydrogen-bond donors (Lipinski definition) is 1. The maximum atomic E-state index is 5.17. The first kappa shape index (κ1) is 13.7. The second kappa shape index (κ2) is 5.80. The highest BCUT2D eigenvalue weighted by Gasteiger charge is 2.16. The highest BCUT2D eigenvalue weighted by molar-refractivity contribution is 9.10. The van der Waals surface area contributed by atoms with Crippen molar-refractivity contribution in [2.24, 2.45) is 0 Å². The Hall–Kier alpha value is -0.380. The number of methoxy groups -OCH3 is 1. The van der Waals surface area contributed by atoms with Crippen molar-refractivity contribution in [1.82, 2.24) is 5.32 Å². The zero-order chi connectivity index (χ0) is 12.2. The van der Waals surface area contributed by atoms with Gasteiger partial charge in [-0.3, -0.25) is 0 Å². The van der Waals surface area contributed by atoms with Gasteiger partial charge in [-0.1, -0.05) is 28.1 Å². The number of ether oxygens (including phenoxy) is 1. The van der Waals surface area contributed by atoms with Crippen molar-refractivity contribution in [3.63, 3.8) is 0 Å². The van der Waals surface area contributed by atoms with Gasteiger partial charge in [0.2, 0.25) is 0 Å². The lowest BCUT2D eigenvalue weighted by atomic mass is 10.1. The van der Waals surface area contributed by atoms with E-state index in [0.29, 0.717) is 6.61 Å². The summed E-state index contributed by atoms with van der Waals surface area (Å²) in [5, 5.41) is 3.48. The van der Waals surface area contributed by atoms with E-state index in [4.69, 9.17) is 4.74 Å². The van der Waals surface area contributed by atoms with Gasteiger partial charge in [0.15, 0.2) is 0 Å². The van der Waals surface area contributed by atoms with Crippen LogP contribution in [0.1, 0.15) is 25.0 Å². The van der Waals surface area contributed by atoms with E-state index >= 15 is 0 Å². The van der Waals surface area contributed by atoms with Crippen molar-refractivity contribution in [1.29, 1.82) is 0 Å². The Labute approximate surface area is 107 Å². The second-order valence-corrected chi connectivity index (χ2v) is 5.61. The fraction of sp³-hybridized carbons (Fsp3) is 0.538. The zero-order valence-electron chi connectivity index (χ0n) is 10.4. The molecule has 0 unspecified atom stereocenters. The van der Waals surface area contributed by atoms with Crippen LogP contribution in [0.3, 0.4) is 0 Å². The fourth-order valence-corrected chi connectivity index (χ4v) is 1.93. The topological polar surface area (TPSA) is 21.3 Å². The summed E-state index contributed by atoms with van der Waals surface area (Å²) >= 11 is 3.54. The summed E-state index contributed by atoms with van der Waals surface area (Å²) in [6.45, 7) is 7.94. The van der Waals surface area contributed by atoms with E-state index in [1.807, 2.05) is 0 Å². The predicted molar refractivity (Wildman–Crippen MR) is 71.7 cm³/mol. The van der Waals surface area contributed by atoms with Crippen molar-refractivity contribution >= 4 is 15.9 Å². The molecule has 0 atom stereocenters. The van der Waals surface area contributed by atoms with Gasteiger partial charge in [0.1, 0.15) is 0 Å². The van der Waals surface area contributed by atoms with Crippen LogP contribution in [0, 0.1) is 6.92 Å². The maximum Gasteiger partial charge on any atom is 0.0639 e. The van der Waals surface area contributed by atoms with Crippen LogP contribution in [0.15, 0.2) is 22.7 Å². The normalized spacial score (nSPS) is 11.8. The Balaban J connectivity index is 2.57. The molecule has 16 heavy (non-hydrogen) atoms. The number of rotatable bonds is 5. The number of benzene rings is 1. The van der Waals surface area contributed by atoms with Gasteiger partial charge in [-0.2, -0.15) is 0 Å². The van der Waals surface area contributed by atoms with E-state index in [2.05, 4.69) is 60.2 Å². The van der Waals surface area contributed by atoms with Crippen LogP contribution in [-0.2, 0) is 11.3 Å². The molecule has 0 aliphatic heterocycles. The molecule has 0 aromatic heterocycles. The molecule has 1 N–H and O–H groups in total. The van der Waals surface area contributed by atoms with Gasteiger partial charge in [0.25, 0.3) is 0 Å². The Bertz CT molecular complexity index is 350. The Morgan fingerprint density at radius 3 is 2.62 bits per heavy atom. The molecule has 0 aliphatic carbocycles. The van der Waals surface area contributed by atoms with E-state index in [-0.39, 0.29) is 5.54 Å². The summed E-state index contributed by atoms with van der Waals surface area (Å²) in [5.41, 5.74) is 2.55. The van der Waals surface area contributed by atoms with Crippen molar-refractivity contribution in [2.75, 3.05) is 13.7 Å². The smallest absolute Gasteiger partial charge is 0.0639 e. The first-order valence-corrected chi connectivity index (χ1v) is 6.23. The average molecular weight is 286 g/mol. The molecule has 0 bridgehead atoms. The third-order valence-corrected chi connectivity index (χ3v) is 3.37. The second-order valence-electron chi connectivity index (χ2n) is 4.75. The van der Waals surface area contributed by atoms with E-state index in [0.717, 1.165) is 11.0 Å². The van der Waals surface area contributed by atoms with E-state index in [9.17, 15) is 0 Å². The number of hydrogen-bond acceptors (Lipinski definition) is 2. The lowest BCUT2D eigenvalue weighted by Crippen LogP contribution is -2.42. The number of nitrogens with one attached hydrogen (secondary N) is 1. The molecule has 0 saturated carbocycles. The summed E-state index contributed by atoms with van der Waals surface area (Å²) in [4.78, 5) is 0. The molecule has 0 amide bonds. The van der Waals surface area contributed by atoms with E-state index < -0.39 is 0 Å². The van der Waals surface area contributed by atoms with Gasteiger partial charge < -0.3 is 10.1 Å². The molecule has 0 radical (unpaired) electrons. The fourth-order valence-electron chi connectivity index (χ4n) is 1.50. The van der Waals surface area contributed by atoms with E-state index in [1.165, 1.54) is 11.1 Å². The average Bonchev–Trinajstić information content (AvgIpc) is 2.20. The molecule has 1 aromatic carbocycles. The molecule has 0 saturated heterocycles. The molecule has 90 valence electrons. The molecule has 0 fully saturated rings. The van der Waals surface area contributed by atoms with Crippen LogP contribution in [0.2, 0.25) is 0 Å². The minimum absolute atomic E-state index is 0.00606. The van der Waals surface area contributed by atoms with Gasteiger partial charge in [0.05, 0.1) is 6.61 Å². The molecule has 0 spiro atoms. The minimum atomic E-state index is 0.00606. The lowest BCUT2D eigenvalue weighted by molar-refractivity contribution is 0.128. The van der Waals surface area contributed by atoms with Crippen molar-refractivity contribution in [3.05, 3.63) is 33.8 Å². The van der Waals surface area contributed by atoms with Crippen LogP contribution in [0.4, 0.5) is 0 Å². The van der Waals surface area contributed by atoms with Crippen molar-refractivity contribution in [3.8, 4) is 0 Å². The van der Waals surface area contributed by atoms with Crippen LogP contribution in [-0.4, -0.2) is 19.3 Å². The van der Waals surface area contributed by atoms with Crippen LogP contribution >= 0.6 is 15.9 Å². The minimum Gasteiger partial charge on any atom is -0.383 e. The predicted octanol–water partition coefficient (Wildman–Crippen LogP) is 3.27. The summed E-state index contributed by atoms with van der Waals surface area (Å²) in [6, 6.07) is 6.44. The molecule has 1 aromatic rings. The molecular formula is C13H20BrNO. The highest BCUT2D eigenvalue weighted by atomic mass is 79.9. The van der Waals surface area contributed by atoms with Crippen LogP contribution in [0.5, 0.6) is 0 Å². The summed E-state index contributed by atoms with van der Waals surface area (Å²) in [7, 11) is 1.73. The van der Waals surface area contributed by atoms with E-state index in [1.54, 1.807) is 7.11 Å². The van der Waals surface area contributed by atoms with Gasteiger partial charge in [-0.25, -0.2) is 0 Å². The largest absolute Gasteiger partial charge is 0.383 e. The Morgan fingerprint density at radius 2 is 2.06 bits per heavy atom. The third kappa shape index (κ3) is 4.24. The Kier molecular flexibility index (Phi) is 4.96. The summed E-state index contributed by atoms with van der Waals surface area (Å²) in [6.07, 6.45) is 0. The molecular weight excluding hydrogens is 266 g/mol. The van der Waals surface area contributed by atoms with Crippen molar-refractivity contribution < 1.29 is 4.74 Å². The number of halogens is 1. The van der Waals surface area contributed by atoms with Crippen LogP contribution < -0.4 is 5.32 Å². The SMILES string of the molecule is COCC(C)(C)NCc1ccc(C)c(Br)c1. The quantitative estimate of drug-likeness (QED) is 0.897. The Morgan fingerprint density at radius 1 is 1.38 bits per heavy atom. The molecule has 0 aliphatic rings. The summed E-state index contributed by atoms with van der Waals surface area (Å²) in [5.74, 6) is 0. The van der Waals surface area contributed by atoms with Gasteiger partial charge >= 0.3 is 0 Å². The first-order chi connectivity index (χ1) is 7.44. The number of aryl methyl sites for hydroxylation is 1. The molecule has 2 nitrogen and oxygen atoms in total. The van der Waals surface area contributed by atoms with Gasteiger partial charge in [-0.15, -0.1) is 0 Å².